The van der Waals surface area contributed by atoms with Crippen LogP contribution in [0, 0.1) is 0 Å². The van der Waals surface area contributed by atoms with Gasteiger partial charge in [-0.3, -0.25) is 9.78 Å². The summed E-state index contributed by atoms with van der Waals surface area (Å²) in [5.41, 5.74) is 1.26. The highest BCUT2D eigenvalue weighted by molar-refractivity contribution is 5.92. The molecule has 1 saturated heterocycles. The second kappa shape index (κ2) is 8.55. The van der Waals surface area contributed by atoms with Crippen LogP contribution >= 0.6 is 0 Å². The summed E-state index contributed by atoms with van der Waals surface area (Å²) in [4.78, 5) is 20.4. The molecule has 3 rings (SSSR count). The molecule has 7 heteroatoms. The van der Waals surface area contributed by atoms with Gasteiger partial charge in [0.15, 0.2) is 0 Å². The number of anilines is 1. The minimum Gasteiger partial charge on any atom is -0.379 e. The van der Waals surface area contributed by atoms with E-state index in [2.05, 4.69) is 20.6 Å². The van der Waals surface area contributed by atoms with E-state index in [1.54, 1.807) is 19.3 Å². The summed E-state index contributed by atoms with van der Waals surface area (Å²) >= 11 is 0. The Bertz CT molecular complexity index is 696. The number of hydrogen-bond donors (Lipinski definition) is 2. The van der Waals surface area contributed by atoms with Crippen molar-refractivity contribution in [1.82, 2.24) is 15.3 Å². The van der Waals surface area contributed by atoms with Gasteiger partial charge in [0, 0.05) is 19.9 Å². The van der Waals surface area contributed by atoms with Crippen molar-refractivity contribution in [2.24, 2.45) is 0 Å². The van der Waals surface area contributed by atoms with Gasteiger partial charge in [-0.25, -0.2) is 4.98 Å². The van der Waals surface area contributed by atoms with Gasteiger partial charge in [0.1, 0.15) is 17.6 Å². The zero-order chi connectivity index (χ0) is 17.5. The molecule has 2 aromatic rings. The smallest absolute Gasteiger partial charge is 0.269 e. The van der Waals surface area contributed by atoms with Crippen LogP contribution < -0.4 is 10.6 Å². The number of rotatable bonds is 6. The fraction of sp³-hybridized carbons (Fsp3) is 0.389. The number of aromatic nitrogens is 2. The lowest BCUT2D eigenvalue weighted by atomic mass is 10.1. The molecule has 0 radical (unpaired) electrons. The van der Waals surface area contributed by atoms with Gasteiger partial charge in [-0.2, -0.15) is 0 Å². The fourth-order valence-corrected chi connectivity index (χ4v) is 2.68. The van der Waals surface area contributed by atoms with Gasteiger partial charge in [0.05, 0.1) is 24.9 Å². The summed E-state index contributed by atoms with van der Waals surface area (Å²) in [6, 6.07) is 11.1. The summed E-state index contributed by atoms with van der Waals surface area (Å²) in [6.07, 6.45) is 2.44. The normalized spacial score (nSPS) is 20.0. The standard InChI is InChI=1S/C18H22N4O3/c1-19-18(23)15-6-4-7-17(22-15)21-14-8-10-24-12-16(14)25-11-13-5-2-3-9-20-13/h2-7,9,14,16H,8,10-12H2,1H3,(H,19,23)(H,21,22)/t14-,16-/m1/s1. The highest BCUT2D eigenvalue weighted by atomic mass is 16.5. The van der Waals surface area contributed by atoms with Crippen molar-refractivity contribution in [3.8, 4) is 0 Å². The molecule has 0 aromatic carbocycles. The third-order valence-corrected chi connectivity index (χ3v) is 4.02. The van der Waals surface area contributed by atoms with E-state index in [1.165, 1.54) is 0 Å². The van der Waals surface area contributed by atoms with Crippen LogP contribution in [-0.2, 0) is 16.1 Å². The maximum Gasteiger partial charge on any atom is 0.269 e. The van der Waals surface area contributed by atoms with Gasteiger partial charge in [-0.15, -0.1) is 0 Å². The van der Waals surface area contributed by atoms with E-state index in [4.69, 9.17) is 9.47 Å². The molecule has 3 heterocycles. The lowest BCUT2D eigenvalue weighted by molar-refractivity contribution is -0.0645. The van der Waals surface area contributed by atoms with Crippen LogP contribution in [0.3, 0.4) is 0 Å². The number of nitrogens with one attached hydrogen (secondary N) is 2. The third kappa shape index (κ3) is 4.74. The zero-order valence-electron chi connectivity index (χ0n) is 14.1. The lowest BCUT2D eigenvalue weighted by Crippen LogP contribution is -2.44. The number of hydrogen-bond acceptors (Lipinski definition) is 6. The molecule has 2 atom stereocenters. The van der Waals surface area contributed by atoms with E-state index in [9.17, 15) is 4.79 Å². The molecule has 0 bridgehead atoms. The number of amides is 1. The van der Waals surface area contributed by atoms with Crippen molar-refractivity contribution in [3.05, 3.63) is 54.0 Å². The largest absolute Gasteiger partial charge is 0.379 e. The van der Waals surface area contributed by atoms with Crippen LogP contribution in [0.1, 0.15) is 22.6 Å². The number of nitrogens with zero attached hydrogens (tertiary/aromatic N) is 2. The molecule has 0 spiro atoms. The van der Waals surface area contributed by atoms with Crippen LogP contribution in [-0.4, -0.2) is 48.3 Å². The minimum atomic E-state index is -0.210. The molecule has 25 heavy (non-hydrogen) atoms. The molecular weight excluding hydrogens is 320 g/mol. The van der Waals surface area contributed by atoms with Crippen molar-refractivity contribution in [2.45, 2.75) is 25.2 Å². The maximum absolute atomic E-state index is 11.7. The predicted octanol–water partition coefficient (Wildman–Crippen LogP) is 1.62. The van der Waals surface area contributed by atoms with Crippen LogP contribution in [0.25, 0.3) is 0 Å². The Morgan fingerprint density at radius 2 is 2.24 bits per heavy atom. The molecule has 1 fully saturated rings. The molecular formula is C18H22N4O3. The van der Waals surface area contributed by atoms with Crippen LogP contribution in [0.4, 0.5) is 5.82 Å². The van der Waals surface area contributed by atoms with Gasteiger partial charge in [0.25, 0.3) is 5.91 Å². The third-order valence-electron chi connectivity index (χ3n) is 4.02. The lowest BCUT2D eigenvalue weighted by Gasteiger charge is -2.32. The monoisotopic (exact) mass is 342 g/mol. The SMILES string of the molecule is CNC(=O)c1cccc(N[C@@H]2CCOC[C@H]2OCc2ccccn2)n1. The summed E-state index contributed by atoms with van der Waals surface area (Å²) in [6.45, 7) is 1.61. The first-order valence-electron chi connectivity index (χ1n) is 8.31. The van der Waals surface area contributed by atoms with Crippen molar-refractivity contribution in [3.63, 3.8) is 0 Å². The Kier molecular flexibility index (Phi) is 5.92. The van der Waals surface area contributed by atoms with Crippen molar-refractivity contribution >= 4 is 11.7 Å². The average Bonchev–Trinajstić information content (AvgIpc) is 2.68. The zero-order valence-corrected chi connectivity index (χ0v) is 14.1. The Morgan fingerprint density at radius 1 is 1.32 bits per heavy atom. The second-order valence-corrected chi connectivity index (χ2v) is 5.77. The highest BCUT2D eigenvalue weighted by Crippen LogP contribution is 2.18. The van der Waals surface area contributed by atoms with Crippen LogP contribution in [0.2, 0.25) is 0 Å². The Morgan fingerprint density at radius 3 is 3.04 bits per heavy atom. The number of carbonyl (C=O) groups excluding carboxylic acids is 1. The van der Waals surface area contributed by atoms with Gasteiger partial charge < -0.3 is 20.1 Å². The van der Waals surface area contributed by atoms with E-state index < -0.39 is 0 Å². The highest BCUT2D eigenvalue weighted by Gasteiger charge is 2.27. The topological polar surface area (TPSA) is 85.4 Å². The quantitative estimate of drug-likeness (QED) is 0.830. The Labute approximate surface area is 146 Å². The molecule has 1 amide bonds. The number of carbonyl (C=O) groups is 1. The van der Waals surface area contributed by atoms with Gasteiger partial charge in [0.2, 0.25) is 0 Å². The molecule has 0 saturated carbocycles. The second-order valence-electron chi connectivity index (χ2n) is 5.77. The average molecular weight is 342 g/mol. The van der Waals surface area contributed by atoms with E-state index >= 15 is 0 Å². The first kappa shape index (κ1) is 17.3. The molecule has 7 nitrogen and oxygen atoms in total. The van der Waals surface area contributed by atoms with Crippen LogP contribution in [0.5, 0.6) is 0 Å². The molecule has 132 valence electrons. The van der Waals surface area contributed by atoms with Crippen molar-refractivity contribution < 1.29 is 14.3 Å². The summed E-state index contributed by atoms with van der Waals surface area (Å²) < 4.78 is 11.5. The molecule has 1 aliphatic rings. The minimum absolute atomic E-state index is 0.0601. The molecule has 2 aromatic heterocycles. The summed E-state index contributed by atoms with van der Waals surface area (Å²) in [7, 11) is 1.59. The molecule has 0 aliphatic carbocycles. The summed E-state index contributed by atoms with van der Waals surface area (Å²) in [5.74, 6) is 0.443. The van der Waals surface area contributed by atoms with E-state index in [1.807, 2.05) is 30.3 Å². The number of pyridine rings is 2. The maximum atomic E-state index is 11.7. The van der Waals surface area contributed by atoms with Gasteiger partial charge >= 0.3 is 0 Å². The first-order chi connectivity index (χ1) is 12.3. The summed E-state index contributed by atoms with van der Waals surface area (Å²) in [5, 5.41) is 5.95. The van der Waals surface area contributed by atoms with Crippen molar-refractivity contribution in [1.29, 1.82) is 0 Å². The van der Waals surface area contributed by atoms with E-state index in [-0.39, 0.29) is 18.1 Å². The van der Waals surface area contributed by atoms with E-state index in [0.29, 0.717) is 31.3 Å². The first-order valence-corrected chi connectivity index (χ1v) is 8.31. The predicted molar refractivity (Wildman–Crippen MR) is 93.3 cm³/mol. The van der Waals surface area contributed by atoms with Crippen LogP contribution in [0.15, 0.2) is 42.6 Å². The Hall–Kier alpha value is -2.51. The van der Waals surface area contributed by atoms with Gasteiger partial charge in [-0.1, -0.05) is 12.1 Å². The fourth-order valence-electron chi connectivity index (χ4n) is 2.68. The van der Waals surface area contributed by atoms with Gasteiger partial charge in [-0.05, 0) is 30.7 Å². The Balaban J connectivity index is 1.64. The molecule has 2 N–H and O–H groups in total. The van der Waals surface area contributed by atoms with Crippen molar-refractivity contribution in [2.75, 3.05) is 25.6 Å². The molecule has 0 unspecified atom stereocenters. The van der Waals surface area contributed by atoms with E-state index in [0.717, 1.165) is 12.1 Å². The number of ether oxygens (including phenoxy) is 2. The molecule has 1 aliphatic heterocycles.